The molecule has 0 aliphatic heterocycles. The van der Waals surface area contributed by atoms with E-state index in [1.165, 1.54) is 0 Å². The number of guanidine groups is 1. The molecule has 1 aromatic carbocycles. The highest BCUT2D eigenvalue weighted by Crippen LogP contribution is 2.13. The number of hydrogen-bond donors (Lipinski definition) is 3. The molecule has 0 radical (unpaired) electrons. The maximum Gasteiger partial charge on any atom is 0.243 e. The Bertz CT molecular complexity index is 679. The zero-order valence-corrected chi connectivity index (χ0v) is 14.2. The van der Waals surface area contributed by atoms with Crippen LogP contribution in [0, 0.1) is 0 Å². The minimum absolute atomic E-state index is 0.113. The number of nitrogens with zero attached hydrogens (tertiary/aromatic N) is 2. The van der Waals surface area contributed by atoms with Crippen molar-refractivity contribution in [1.82, 2.24) is 15.8 Å². The lowest BCUT2D eigenvalue weighted by molar-refractivity contribution is -0.115. The van der Waals surface area contributed by atoms with Gasteiger partial charge in [-0.05, 0) is 18.1 Å². The Morgan fingerprint density at radius 3 is 2.62 bits per heavy atom. The highest BCUT2D eigenvalue weighted by atomic mass is 16.5. The molecule has 2 aromatic rings. The van der Waals surface area contributed by atoms with E-state index < -0.39 is 0 Å². The fraction of sp³-hybridized carbons (Fsp3) is 0.353. The van der Waals surface area contributed by atoms with Crippen molar-refractivity contribution in [2.24, 2.45) is 4.99 Å². The van der Waals surface area contributed by atoms with E-state index in [4.69, 9.17) is 4.52 Å². The summed E-state index contributed by atoms with van der Waals surface area (Å²) in [7, 11) is 1.64. The minimum atomic E-state index is -0.147. The average molecular weight is 329 g/mol. The summed E-state index contributed by atoms with van der Waals surface area (Å²) in [5, 5.41) is 12.8. The number of para-hydroxylation sites is 1. The standard InChI is InChI=1S/C17H23N5O2/c1-12(2)15-9-14(24-22-15)10-19-17(18-3)20-11-16(23)21-13-7-5-4-6-8-13/h4-9,12H,10-11H2,1-3H3,(H,21,23)(H2,18,19,20). The third kappa shape index (κ3) is 5.42. The van der Waals surface area contributed by atoms with Crippen molar-refractivity contribution in [1.29, 1.82) is 0 Å². The number of amides is 1. The second-order valence-electron chi connectivity index (χ2n) is 5.57. The first kappa shape index (κ1) is 17.5. The van der Waals surface area contributed by atoms with Crippen LogP contribution in [0.3, 0.4) is 0 Å². The van der Waals surface area contributed by atoms with Gasteiger partial charge in [0, 0.05) is 18.8 Å². The molecule has 0 aliphatic carbocycles. The number of rotatable bonds is 6. The molecule has 0 bridgehead atoms. The van der Waals surface area contributed by atoms with Crippen LogP contribution in [0.2, 0.25) is 0 Å². The SMILES string of the molecule is CN=C(NCC(=O)Nc1ccccc1)NCc1cc(C(C)C)no1. The lowest BCUT2D eigenvalue weighted by atomic mass is 10.1. The summed E-state index contributed by atoms with van der Waals surface area (Å²) in [5.74, 6) is 1.41. The molecule has 128 valence electrons. The van der Waals surface area contributed by atoms with E-state index in [0.29, 0.717) is 18.4 Å². The van der Waals surface area contributed by atoms with Gasteiger partial charge in [-0.25, -0.2) is 0 Å². The first-order chi connectivity index (χ1) is 11.6. The molecule has 24 heavy (non-hydrogen) atoms. The number of hydrogen-bond acceptors (Lipinski definition) is 4. The summed E-state index contributed by atoms with van der Waals surface area (Å²) >= 11 is 0. The van der Waals surface area contributed by atoms with Crippen LogP contribution in [0.25, 0.3) is 0 Å². The van der Waals surface area contributed by atoms with Gasteiger partial charge in [-0.3, -0.25) is 9.79 Å². The van der Waals surface area contributed by atoms with Crippen LogP contribution >= 0.6 is 0 Å². The van der Waals surface area contributed by atoms with Gasteiger partial charge >= 0.3 is 0 Å². The number of anilines is 1. The quantitative estimate of drug-likeness (QED) is 0.558. The molecule has 0 aliphatic rings. The molecule has 0 saturated heterocycles. The molecule has 7 nitrogen and oxygen atoms in total. The molecule has 0 spiro atoms. The summed E-state index contributed by atoms with van der Waals surface area (Å²) < 4.78 is 5.25. The fourth-order valence-corrected chi connectivity index (χ4v) is 1.97. The first-order valence-electron chi connectivity index (χ1n) is 7.83. The van der Waals surface area contributed by atoms with Gasteiger partial charge < -0.3 is 20.5 Å². The third-order valence-electron chi connectivity index (χ3n) is 3.30. The van der Waals surface area contributed by atoms with Gasteiger partial charge in [0.05, 0.1) is 18.8 Å². The van der Waals surface area contributed by atoms with Gasteiger partial charge in [-0.1, -0.05) is 37.2 Å². The van der Waals surface area contributed by atoms with Crippen LogP contribution in [0.1, 0.15) is 31.2 Å². The number of nitrogens with one attached hydrogen (secondary N) is 3. The molecule has 0 fully saturated rings. The Balaban J connectivity index is 1.76. The summed E-state index contributed by atoms with van der Waals surface area (Å²) in [5.41, 5.74) is 1.67. The van der Waals surface area contributed by atoms with Gasteiger partial charge in [0.25, 0.3) is 0 Å². The van der Waals surface area contributed by atoms with Crippen LogP contribution in [0.5, 0.6) is 0 Å². The van der Waals surface area contributed by atoms with Crippen molar-refractivity contribution in [2.75, 3.05) is 18.9 Å². The summed E-state index contributed by atoms with van der Waals surface area (Å²) in [6.45, 7) is 4.67. The Labute approximate surface area is 141 Å². The maximum atomic E-state index is 11.9. The molecule has 2 rings (SSSR count). The summed E-state index contributed by atoms with van der Waals surface area (Å²) in [6.07, 6.45) is 0. The zero-order valence-electron chi connectivity index (χ0n) is 14.2. The highest BCUT2D eigenvalue weighted by molar-refractivity contribution is 5.94. The Morgan fingerprint density at radius 2 is 2.00 bits per heavy atom. The van der Waals surface area contributed by atoms with Crippen molar-refractivity contribution < 1.29 is 9.32 Å². The number of aliphatic imine (C=N–C) groups is 1. The van der Waals surface area contributed by atoms with Crippen LogP contribution in [0.4, 0.5) is 5.69 Å². The smallest absolute Gasteiger partial charge is 0.243 e. The van der Waals surface area contributed by atoms with E-state index in [9.17, 15) is 4.79 Å². The van der Waals surface area contributed by atoms with Gasteiger partial charge in [0.15, 0.2) is 11.7 Å². The van der Waals surface area contributed by atoms with E-state index in [-0.39, 0.29) is 12.5 Å². The van der Waals surface area contributed by atoms with Crippen LogP contribution in [0.15, 0.2) is 45.9 Å². The Morgan fingerprint density at radius 1 is 1.25 bits per heavy atom. The van der Waals surface area contributed by atoms with E-state index in [1.54, 1.807) is 7.05 Å². The molecule has 0 atom stereocenters. The van der Waals surface area contributed by atoms with E-state index in [0.717, 1.165) is 17.1 Å². The van der Waals surface area contributed by atoms with Crippen molar-refractivity contribution in [3.05, 3.63) is 47.9 Å². The predicted molar refractivity (Wildman–Crippen MR) is 93.9 cm³/mol. The lowest BCUT2D eigenvalue weighted by Gasteiger charge is -2.11. The molecular weight excluding hydrogens is 306 g/mol. The zero-order chi connectivity index (χ0) is 17.4. The van der Waals surface area contributed by atoms with E-state index >= 15 is 0 Å². The second-order valence-corrected chi connectivity index (χ2v) is 5.57. The number of benzene rings is 1. The first-order valence-corrected chi connectivity index (χ1v) is 7.83. The monoisotopic (exact) mass is 329 g/mol. The van der Waals surface area contributed by atoms with E-state index in [1.807, 2.05) is 36.4 Å². The molecule has 1 amide bonds. The number of aromatic nitrogens is 1. The van der Waals surface area contributed by atoms with E-state index in [2.05, 4.69) is 39.9 Å². The molecule has 3 N–H and O–H groups in total. The fourth-order valence-electron chi connectivity index (χ4n) is 1.97. The van der Waals surface area contributed by atoms with Crippen LogP contribution in [-0.2, 0) is 11.3 Å². The lowest BCUT2D eigenvalue weighted by Crippen LogP contribution is -2.41. The van der Waals surface area contributed by atoms with Gasteiger partial charge in [0.2, 0.25) is 5.91 Å². The average Bonchev–Trinajstić information content (AvgIpc) is 3.05. The van der Waals surface area contributed by atoms with Crippen molar-refractivity contribution >= 4 is 17.6 Å². The topological polar surface area (TPSA) is 91.5 Å². The normalized spacial score (nSPS) is 11.4. The van der Waals surface area contributed by atoms with Gasteiger partial charge in [-0.15, -0.1) is 0 Å². The Hall–Kier alpha value is -2.83. The molecule has 0 saturated carbocycles. The summed E-state index contributed by atoms with van der Waals surface area (Å²) in [6, 6.07) is 11.2. The molecule has 1 aromatic heterocycles. The number of carbonyl (C=O) groups excluding carboxylic acids is 1. The van der Waals surface area contributed by atoms with Gasteiger partial charge in [0.1, 0.15) is 0 Å². The van der Waals surface area contributed by atoms with Crippen LogP contribution in [-0.4, -0.2) is 30.6 Å². The minimum Gasteiger partial charge on any atom is -0.359 e. The van der Waals surface area contributed by atoms with Crippen molar-refractivity contribution in [3.63, 3.8) is 0 Å². The molecular formula is C17H23N5O2. The predicted octanol–water partition coefficient (Wildman–Crippen LogP) is 2.10. The van der Waals surface area contributed by atoms with Crippen molar-refractivity contribution in [2.45, 2.75) is 26.3 Å². The van der Waals surface area contributed by atoms with Crippen LogP contribution < -0.4 is 16.0 Å². The molecule has 0 unspecified atom stereocenters. The second kappa shape index (κ2) is 8.71. The van der Waals surface area contributed by atoms with Gasteiger partial charge in [-0.2, -0.15) is 0 Å². The third-order valence-corrected chi connectivity index (χ3v) is 3.30. The Kier molecular flexibility index (Phi) is 6.36. The highest BCUT2D eigenvalue weighted by Gasteiger charge is 2.09. The largest absolute Gasteiger partial charge is 0.359 e. The molecule has 1 heterocycles. The number of carbonyl (C=O) groups is 1. The van der Waals surface area contributed by atoms with Crippen molar-refractivity contribution in [3.8, 4) is 0 Å². The molecule has 7 heteroatoms. The maximum absolute atomic E-state index is 11.9. The summed E-state index contributed by atoms with van der Waals surface area (Å²) in [4.78, 5) is 16.0.